The summed E-state index contributed by atoms with van der Waals surface area (Å²) < 4.78 is 51.5. The summed E-state index contributed by atoms with van der Waals surface area (Å²) in [6.45, 7) is 1.76. The average Bonchev–Trinajstić information content (AvgIpc) is 2.19. The molecule has 0 spiro atoms. The number of hydrogen-bond donors (Lipinski definition) is 0. The first kappa shape index (κ1) is 11.6. The predicted octanol–water partition coefficient (Wildman–Crippen LogP) is 1.45. The van der Waals surface area contributed by atoms with E-state index in [9.17, 15) is 17.6 Å². The van der Waals surface area contributed by atoms with Crippen LogP contribution in [0.3, 0.4) is 0 Å². The van der Waals surface area contributed by atoms with Crippen LogP contribution >= 0.6 is 0 Å². The minimum absolute atomic E-state index is 0.0519. The van der Waals surface area contributed by atoms with Crippen molar-refractivity contribution in [2.45, 2.75) is 19.8 Å². The molecule has 0 amide bonds. The summed E-state index contributed by atoms with van der Waals surface area (Å²) in [5, 5.41) is 0. The SMILES string of the molecule is CCCc1c(F)c(F)c(F)c(F)c1[AsH2]. The quantitative estimate of drug-likeness (QED) is 0.329. The van der Waals surface area contributed by atoms with Gasteiger partial charge in [0.15, 0.2) is 0 Å². The van der Waals surface area contributed by atoms with Crippen LogP contribution < -0.4 is 4.35 Å². The Kier molecular flexibility index (Phi) is 3.59. The second kappa shape index (κ2) is 4.35. The zero-order valence-electron chi connectivity index (χ0n) is 7.50. The molecule has 0 heterocycles. The van der Waals surface area contributed by atoms with Crippen molar-refractivity contribution in [1.82, 2.24) is 0 Å². The van der Waals surface area contributed by atoms with E-state index < -0.39 is 23.3 Å². The van der Waals surface area contributed by atoms with Gasteiger partial charge in [0, 0.05) is 0 Å². The maximum absolute atomic E-state index is 13.1. The van der Waals surface area contributed by atoms with Crippen molar-refractivity contribution in [3.63, 3.8) is 0 Å². The normalized spacial score (nSPS) is 10.7. The zero-order valence-corrected chi connectivity index (χ0v) is 9.93. The van der Waals surface area contributed by atoms with Crippen LogP contribution in [0.2, 0.25) is 0 Å². The molecule has 0 N–H and O–H groups in total. The van der Waals surface area contributed by atoms with E-state index in [1.807, 2.05) is 0 Å². The van der Waals surface area contributed by atoms with Crippen molar-refractivity contribution in [3.05, 3.63) is 28.8 Å². The number of benzene rings is 1. The fraction of sp³-hybridized carbons (Fsp3) is 0.333. The topological polar surface area (TPSA) is 0 Å². The van der Waals surface area contributed by atoms with E-state index in [0.29, 0.717) is 6.42 Å². The van der Waals surface area contributed by atoms with Gasteiger partial charge in [-0.05, 0) is 0 Å². The average molecular weight is 268 g/mol. The second-order valence-electron chi connectivity index (χ2n) is 2.90. The first-order chi connectivity index (χ1) is 6.50. The first-order valence-electron chi connectivity index (χ1n) is 4.11. The second-order valence-corrected chi connectivity index (χ2v) is 4.11. The molecule has 5 heteroatoms. The molecule has 0 aliphatic heterocycles. The van der Waals surface area contributed by atoms with E-state index >= 15 is 0 Å². The molecule has 0 aromatic heterocycles. The first-order valence-corrected chi connectivity index (χ1v) is 5.32. The molecule has 0 radical (unpaired) electrons. The van der Waals surface area contributed by atoms with Gasteiger partial charge in [0.25, 0.3) is 0 Å². The van der Waals surface area contributed by atoms with E-state index in [0.717, 1.165) is 16.9 Å². The Labute approximate surface area is 87.8 Å². The van der Waals surface area contributed by atoms with E-state index in [-0.39, 0.29) is 16.3 Å². The summed E-state index contributed by atoms with van der Waals surface area (Å²) >= 11 is 0.758. The van der Waals surface area contributed by atoms with Crippen LogP contribution in [0.25, 0.3) is 0 Å². The van der Waals surface area contributed by atoms with Crippen LogP contribution in [0.4, 0.5) is 17.6 Å². The van der Waals surface area contributed by atoms with Gasteiger partial charge < -0.3 is 0 Å². The van der Waals surface area contributed by atoms with E-state index in [1.165, 1.54) is 0 Å². The minimum atomic E-state index is -1.72. The van der Waals surface area contributed by atoms with Crippen LogP contribution in [0, 0.1) is 23.3 Å². The summed E-state index contributed by atoms with van der Waals surface area (Å²) in [5.41, 5.74) is -0.0519. The standard InChI is InChI=1S/C9H9AsF4/c1-2-3-4-5(10)7(12)9(14)8(13)6(4)11/h2-3,10H2,1H3. The van der Waals surface area contributed by atoms with Crippen molar-refractivity contribution in [3.8, 4) is 0 Å². The molecule has 1 aromatic carbocycles. The Hall–Kier alpha value is -0.502. The molecule has 1 aromatic rings. The summed E-state index contributed by atoms with van der Waals surface area (Å²) in [4.78, 5) is 0. The van der Waals surface area contributed by atoms with Crippen LogP contribution in [0.5, 0.6) is 0 Å². The van der Waals surface area contributed by atoms with Gasteiger partial charge in [-0.1, -0.05) is 0 Å². The fourth-order valence-electron chi connectivity index (χ4n) is 1.19. The summed E-state index contributed by atoms with van der Waals surface area (Å²) in [6, 6.07) is 0. The third kappa shape index (κ3) is 1.80. The summed E-state index contributed by atoms with van der Waals surface area (Å²) in [7, 11) is 0. The Morgan fingerprint density at radius 3 is 1.93 bits per heavy atom. The van der Waals surface area contributed by atoms with Gasteiger partial charge in [-0.15, -0.1) is 0 Å². The molecule has 1 unspecified atom stereocenters. The van der Waals surface area contributed by atoms with Crippen LogP contribution in [-0.2, 0) is 6.42 Å². The fourth-order valence-corrected chi connectivity index (χ4v) is 2.02. The molecule has 0 saturated carbocycles. The predicted molar refractivity (Wildman–Crippen MR) is 48.4 cm³/mol. The molecule has 0 aliphatic rings. The van der Waals surface area contributed by atoms with Gasteiger partial charge in [-0.2, -0.15) is 0 Å². The van der Waals surface area contributed by atoms with Crippen molar-refractivity contribution in [2.24, 2.45) is 0 Å². The van der Waals surface area contributed by atoms with E-state index in [1.54, 1.807) is 6.92 Å². The van der Waals surface area contributed by atoms with E-state index in [4.69, 9.17) is 0 Å². The summed E-state index contributed by atoms with van der Waals surface area (Å²) in [6.07, 6.45) is 0.770. The van der Waals surface area contributed by atoms with Crippen molar-refractivity contribution < 1.29 is 17.6 Å². The van der Waals surface area contributed by atoms with Gasteiger partial charge in [-0.25, -0.2) is 0 Å². The Morgan fingerprint density at radius 2 is 1.43 bits per heavy atom. The molecule has 0 nitrogen and oxygen atoms in total. The third-order valence-corrected chi connectivity index (χ3v) is 3.17. The van der Waals surface area contributed by atoms with Crippen LogP contribution in [0.15, 0.2) is 0 Å². The molecule has 0 bridgehead atoms. The van der Waals surface area contributed by atoms with Crippen LogP contribution in [0.1, 0.15) is 18.9 Å². The molecule has 0 aliphatic carbocycles. The Bertz CT molecular complexity index is 333. The monoisotopic (exact) mass is 268 g/mol. The molecule has 1 atom stereocenters. The Morgan fingerprint density at radius 1 is 0.929 bits per heavy atom. The number of halogens is 4. The van der Waals surface area contributed by atoms with Gasteiger partial charge >= 0.3 is 87.4 Å². The maximum atomic E-state index is 13.1. The number of rotatable bonds is 2. The van der Waals surface area contributed by atoms with Crippen LogP contribution in [-0.4, -0.2) is 16.9 Å². The molecule has 1 rings (SSSR count). The van der Waals surface area contributed by atoms with Gasteiger partial charge in [0.1, 0.15) is 0 Å². The van der Waals surface area contributed by atoms with Crippen molar-refractivity contribution >= 4 is 21.2 Å². The van der Waals surface area contributed by atoms with Gasteiger partial charge in [-0.3, -0.25) is 0 Å². The van der Waals surface area contributed by atoms with Crippen molar-refractivity contribution in [2.75, 3.05) is 0 Å². The molecular weight excluding hydrogens is 259 g/mol. The molecule has 0 saturated heterocycles. The number of hydrogen-bond acceptors (Lipinski definition) is 0. The summed E-state index contributed by atoms with van der Waals surface area (Å²) in [5.74, 6) is -5.97. The molecule has 14 heavy (non-hydrogen) atoms. The third-order valence-electron chi connectivity index (χ3n) is 1.90. The van der Waals surface area contributed by atoms with Gasteiger partial charge in [0.2, 0.25) is 0 Å². The van der Waals surface area contributed by atoms with Gasteiger partial charge in [0.05, 0.1) is 0 Å². The van der Waals surface area contributed by atoms with E-state index in [2.05, 4.69) is 0 Å². The molecular formula is C9H9AsF4. The zero-order chi connectivity index (χ0) is 10.9. The molecule has 0 fully saturated rings. The Balaban J connectivity index is 3.43. The molecule has 78 valence electrons. The van der Waals surface area contributed by atoms with Crippen molar-refractivity contribution in [1.29, 1.82) is 0 Å².